The molecular weight excluding hydrogens is 220 g/mol. The number of nitrogens with zero attached hydrogens (tertiary/aromatic N) is 2. The molecule has 2 aromatic rings. The molecule has 1 aromatic heterocycles. The van der Waals surface area contributed by atoms with E-state index in [9.17, 15) is 0 Å². The molecular formula is C13H15ClN2. The zero-order chi connectivity index (χ0) is 11.5. The Bertz CT molecular complexity index is 460. The first-order valence-electron chi connectivity index (χ1n) is 5.41. The van der Waals surface area contributed by atoms with E-state index in [1.165, 1.54) is 0 Å². The predicted octanol–water partition coefficient (Wildman–Crippen LogP) is 3.87. The Labute approximate surface area is 101 Å². The van der Waals surface area contributed by atoms with Gasteiger partial charge in [0.2, 0.25) is 0 Å². The van der Waals surface area contributed by atoms with Crippen LogP contribution in [0.4, 0.5) is 0 Å². The number of hydrogen-bond acceptors (Lipinski definition) is 1. The first-order chi connectivity index (χ1) is 7.72. The van der Waals surface area contributed by atoms with Crippen molar-refractivity contribution in [3.63, 3.8) is 0 Å². The molecule has 0 N–H and O–H groups in total. The summed E-state index contributed by atoms with van der Waals surface area (Å²) in [5.74, 6) is 1.38. The third kappa shape index (κ3) is 2.12. The number of aromatic nitrogens is 2. The molecule has 0 aliphatic heterocycles. The fourth-order valence-electron chi connectivity index (χ4n) is 1.73. The van der Waals surface area contributed by atoms with Crippen molar-refractivity contribution in [3.05, 3.63) is 42.4 Å². The Hall–Kier alpha value is -1.28. The van der Waals surface area contributed by atoms with Gasteiger partial charge in [0.1, 0.15) is 5.82 Å². The highest BCUT2D eigenvalue weighted by Crippen LogP contribution is 2.21. The molecule has 1 aromatic carbocycles. The van der Waals surface area contributed by atoms with Crippen molar-refractivity contribution in [2.75, 3.05) is 0 Å². The largest absolute Gasteiger partial charge is 0.331 e. The Morgan fingerprint density at radius 3 is 2.44 bits per heavy atom. The summed E-state index contributed by atoms with van der Waals surface area (Å²) in [6, 6.07) is 10.6. The first kappa shape index (κ1) is 11.2. The van der Waals surface area contributed by atoms with E-state index in [1.807, 2.05) is 18.2 Å². The number of benzene rings is 1. The lowest BCUT2D eigenvalue weighted by molar-refractivity contribution is 0.580. The molecule has 0 bridgehead atoms. The molecule has 0 atom stereocenters. The van der Waals surface area contributed by atoms with Gasteiger partial charge >= 0.3 is 0 Å². The lowest BCUT2D eigenvalue weighted by Crippen LogP contribution is -2.03. The van der Waals surface area contributed by atoms with Gasteiger partial charge in [-0.15, -0.1) is 11.6 Å². The van der Waals surface area contributed by atoms with Gasteiger partial charge in [0.25, 0.3) is 0 Å². The summed E-state index contributed by atoms with van der Waals surface area (Å²) in [6.07, 6.45) is 2.07. The monoisotopic (exact) mass is 234 g/mol. The van der Waals surface area contributed by atoms with Gasteiger partial charge in [0, 0.05) is 17.8 Å². The topological polar surface area (TPSA) is 17.8 Å². The third-order valence-electron chi connectivity index (χ3n) is 2.55. The fraction of sp³-hybridized carbons (Fsp3) is 0.308. The van der Waals surface area contributed by atoms with Crippen LogP contribution >= 0.6 is 11.6 Å². The molecule has 0 radical (unpaired) electrons. The molecule has 0 aliphatic rings. The van der Waals surface area contributed by atoms with E-state index in [4.69, 9.17) is 11.6 Å². The van der Waals surface area contributed by atoms with Gasteiger partial charge in [-0.05, 0) is 13.8 Å². The molecule has 16 heavy (non-hydrogen) atoms. The highest BCUT2D eigenvalue weighted by molar-refractivity contribution is 6.16. The number of hydrogen-bond donors (Lipinski definition) is 0. The third-order valence-corrected chi connectivity index (χ3v) is 2.79. The molecule has 3 heteroatoms. The summed E-state index contributed by atoms with van der Waals surface area (Å²) >= 11 is 5.89. The minimum atomic E-state index is 0.388. The van der Waals surface area contributed by atoms with Crippen LogP contribution in [-0.4, -0.2) is 9.55 Å². The summed E-state index contributed by atoms with van der Waals surface area (Å²) < 4.78 is 2.12. The lowest BCUT2D eigenvalue weighted by Gasteiger charge is -2.08. The zero-order valence-corrected chi connectivity index (χ0v) is 10.3. The standard InChI is InChI=1S/C13H15ClN2/c1-10(2)16-9-12(15-13(16)8-14)11-6-4-3-5-7-11/h3-7,9-10H,8H2,1-2H3. The maximum absolute atomic E-state index is 5.89. The van der Waals surface area contributed by atoms with E-state index < -0.39 is 0 Å². The maximum Gasteiger partial charge on any atom is 0.124 e. The molecule has 2 nitrogen and oxygen atoms in total. The number of halogens is 1. The van der Waals surface area contributed by atoms with Crippen LogP contribution in [0.15, 0.2) is 36.5 Å². The molecule has 0 fully saturated rings. The summed E-state index contributed by atoms with van der Waals surface area (Å²) in [5.41, 5.74) is 2.12. The molecule has 0 spiro atoms. The Kier molecular flexibility index (Phi) is 3.30. The number of imidazole rings is 1. The van der Waals surface area contributed by atoms with Crippen molar-refractivity contribution in [2.24, 2.45) is 0 Å². The minimum absolute atomic E-state index is 0.388. The summed E-state index contributed by atoms with van der Waals surface area (Å²) in [5, 5.41) is 0. The van der Waals surface area contributed by atoms with Crippen LogP contribution in [-0.2, 0) is 5.88 Å². The van der Waals surface area contributed by atoms with Crippen LogP contribution in [0.1, 0.15) is 25.7 Å². The lowest BCUT2D eigenvalue weighted by atomic mass is 10.2. The SMILES string of the molecule is CC(C)n1cc(-c2ccccc2)nc1CCl. The summed E-state index contributed by atoms with van der Waals surface area (Å²) in [6.45, 7) is 4.26. The predicted molar refractivity (Wildman–Crippen MR) is 67.6 cm³/mol. The second-order valence-corrected chi connectivity index (χ2v) is 4.31. The number of rotatable bonds is 3. The number of alkyl halides is 1. The second kappa shape index (κ2) is 4.71. The zero-order valence-electron chi connectivity index (χ0n) is 9.52. The van der Waals surface area contributed by atoms with Crippen molar-refractivity contribution in [2.45, 2.75) is 25.8 Å². The van der Waals surface area contributed by atoms with Gasteiger partial charge in [-0.1, -0.05) is 30.3 Å². The van der Waals surface area contributed by atoms with Gasteiger partial charge < -0.3 is 4.57 Å². The van der Waals surface area contributed by atoms with Crippen LogP contribution in [0.2, 0.25) is 0 Å². The van der Waals surface area contributed by atoms with E-state index >= 15 is 0 Å². The van der Waals surface area contributed by atoms with E-state index in [0.29, 0.717) is 11.9 Å². The molecule has 84 valence electrons. The molecule has 2 rings (SSSR count). The van der Waals surface area contributed by atoms with Crippen molar-refractivity contribution < 1.29 is 0 Å². The van der Waals surface area contributed by atoms with E-state index in [-0.39, 0.29) is 0 Å². The minimum Gasteiger partial charge on any atom is -0.331 e. The van der Waals surface area contributed by atoms with Crippen LogP contribution in [0.25, 0.3) is 11.3 Å². The van der Waals surface area contributed by atoms with Crippen LogP contribution < -0.4 is 0 Å². The molecule has 0 amide bonds. The van der Waals surface area contributed by atoms with E-state index in [2.05, 4.69) is 41.7 Å². The Balaban J connectivity index is 2.44. The van der Waals surface area contributed by atoms with Crippen molar-refractivity contribution in [1.82, 2.24) is 9.55 Å². The average Bonchev–Trinajstić information content (AvgIpc) is 2.74. The van der Waals surface area contributed by atoms with Gasteiger partial charge in [-0.3, -0.25) is 0 Å². The molecule has 0 unspecified atom stereocenters. The average molecular weight is 235 g/mol. The summed E-state index contributed by atoms with van der Waals surface area (Å²) in [4.78, 5) is 4.55. The van der Waals surface area contributed by atoms with E-state index in [0.717, 1.165) is 17.1 Å². The molecule has 0 saturated heterocycles. The Morgan fingerprint density at radius 1 is 1.25 bits per heavy atom. The van der Waals surface area contributed by atoms with Gasteiger partial charge in [-0.25, -0.2) is 4.98 Å². The normalized spacial score (nSPS) is 11.0. The smallest absolute Gasteiger partial charge is 0.124 e. The highest BCUT2D eigenvalue weighted by atomic mass is 35.5. The van der Waals surface area contributed by atoms with E-state index in [1.54, 1.807) is 0 Å². The molecule has 1 heterocycles. The fourth-order valence-corrected chi connectivity index (χ4v) is 1.92. The van der Waals surface area contributed by atoms with Crippen molar-refractivity contribution in [1.29, 1.82) is 0 Å². The molecule has 0 saturated carbocycles. The summed E-state index contributed by atoms with van der Waals surface area (Å²) in [7, 11) is 0. The van der Waals surface area contributed by atoms with Crippen LogP contribution in [0.3, 0.4) is 0 Å². The highest BCUT2D eigenvalue weighted by Gasteiger charge is 2.10. The van der Waals surface area contributed by atoms with Crippen molar-refractivity contribution >= 4 is 11.6 Å². The first-order valence-corrected chi connectivity index (χ1v) is 5.95. The van der Waals surface area contributed by atoms with Crippen LogP contribution in [0.5, 0.6) is 0 Å². The quantitative estimate of drug-likeness (QED) is 0.738. The maximum atomic E-state index is 5.89. The van der Waals surface area contributed by atoms with Crippen molar-refractivity contribution in [3.8, 4) is 11.3 Å². The van der Waals surface area contributed by atoms with Gasteiger partial charge in [-0.2, -0.15) is 0 Å². The molecule has 0 aliphatic carbocycles. The second-order valence-electron chi connectivity index (χ2n) is 4.04. The van der Waals surface area contributed by atoms with Gasteiger partial charge in [0.15, 0.2) is 0 Å². The van der Waals surface area contributed by atoms with Gasteiger partial charge in [0.05, 0.1) is 11.6 Å². The Morgan fingerprint density at radius 2 is 1.94 bits per heavy atom. The van der Waals surface area contributed by atoms with Crippen LogP contribution in [0, 0.1) is 0 Å².